The van der Waals surface area contributed by atoms with Gasteiger partial charge in [0.05, 0.1) is 29.4 Å². The van der Waals surface area contributed by atoms with Crippen molar-refractivity contribution in [3.63, 3.8) is 0 Å². The number of ether oxygens (including phenoxy) is 3. The lowest BCUT2D eigenvalue weighted by Gasteiger charge is -2.10. The third kappa shape index (κ3) is 5.59. The van der Waals surface area contributed by atoms with E-state index >= 15 is 0 Å². The van der Waals surface area contributed by atoms with Crippen LogP contribution in [-0.2, 0) is 9.68 Å². The number of rotatable bonds is 6. The summed E-state index contributed by atoms with van der Waals surface area (Å²) < 4.78 is 27.1. The first-order valence-corrected chi connectivity index (χ1v) is 9.48. The lowest BCUT2D eigenvalue weighted by atomic mass is 10.1. The number of aryl methyl sites for hydroxylation is 1. The van der Waals surface area contributed by atoms with E-state index in [0.717, 1.165) is 0 Å². The van der Waals surface area contributed by atoms with E-state index in [4.69, 9.17) is 9.47 Å². The first kappa shape index (κ1) is 23.1. The summed E-state index contributed by atoms with van der Waals surface area (Å²) >= 11 is 0. The van der Waals surface area contributed by atoms with Gasteiger partial charge >= 0.3 is 23.9 Å². The molecule has 0 amide bonds. The third-order valence-electron chi connectivity index (χ3n) is 4.53. The molecule has 0 fully saturated rings. The van der Waals surface area contributed by atoms with E-state index in [2.05, 4.69) is 9.68 Å². The Kier molecular flexibility index (Phi) is 7.14. The summed E-state index contributed by atoms with van der Waals surface area (Å²) in [6, 6.07) is 15.3. The number of esters is 3. The van der Waals surface area contributed by atoms with Gasteiger partial charge in [-0.2, -0.15) is 0 Å². The molecule has 3 aromatic rings. The summed E-state index contributed by atoms with van der Waals surface area (Å²) in [6.07, 6.45) is 0. The predicted molar refractivity (Wildman–Crippen MR) is 112 cm³/mol. The highest BCUT2D eigenvalue weighted by Gasteiger charge is 2.15. The second kappa shape index (κ2) is 10.2. The van der Waals surface area contributed by atoms with E-state index in [-0.39, 0.29) is 28.2 Å². The molecule has 33 heavy (non-hydrogen) atoms. The third-order valence-corrected chi connectivity index (χ3v) is 4.53. The van der Waals surface area contributed by atoms with Crippen molar-refractivity contribution in [3.8, 4) is 11.5 Å². The molecule has 0 atom stereocenters. The zero-order valence-electron chi connectivity index (χ0n) is 17.5. The average Bonchev–Trinajstić information content (AvgIpc) is 2.84. The molecular formula is C24H17FO8. The highest BCUT2D eigenvalue weighted by Crippen LogP contribution is 2.22. The van der Waals surface area contributed by atoms with Gasteiger partial charge in [0.1, 0.15) is 11.5 Å². The fraction of sp³-hybridized carbons (Fsp3) is 0.0833. The SMILES string of the molecule is COC(=O)c1ccc(C(=O)Oc2ccc(C(=O)Oc3ccc(C(=O)OF)cc3)cc2C)cc1. The minimum Gasteiger partial charge on any atom is -0.465 e. The zero-order valence-corrected chi connectivity index (χ0v) is 17.5. The van der Waals surface area contributed by atoms with Gasteiger partial charge in [0.25, 0.3) is 0 Å². The van der Waals surface area contributed by atoms with E-state index in [1.54, 1.807) is 6.92 Å². The monoisotopic (exact) mass is 452 g/mol. The smallest absolute Gasteiger partial charge is 0.379 e. The molecule has 0 saturated carbocycles. The molecule has 9 heteroatoms. The predicted octanol–water partition coefficient (Wildman–Crippen LogP) is 4.26. The maximum atomic E-state index is 12.4. The van der Waals surface area contributed by atoms with E-state index < -0.39 is 23.9 Å². The second-order valence-electron chi connectivity index (χ2n) is 6.72. The van der Waals surface area contributed by atoms with Crippen molar-refractivity contribution in [2.45, 2.75) is 6.92 Å². The van der Waals surface area contributed by atoms with Crippen LogP contribution in [0.1, 0.15) is 47.0 Å². The zero-order chi connectivity index (χ0) is 24.0. The van der Waals surface area contributed by atoms with Crippen molar-refractivity contribution >= 4 is 23.9 Å². The molecule has 0 aliphatic carbocycles. The Morgan fingerprint density at radius 1 is 0.636 bits per heavy atom. The van der Waals surface area contributed by atoms with Crippen LogP contribution in [0.5, 0.6) is 11.5 Å². The van der Waals surface area contributed by atoms with Crippen LogP contribution in [0.25, 0.3) is 0 Å². The molecule has 0 aliphatic heterocycles. The Morgan fingerprint density at radius 3 is 1.67 bits per heavy atom. The molecule has 0 saturated heterocycles. The standard InChI is InChI=1S/C24H17FO8/c1-14-13-18(23(28)31-19-10-7-17(8-11-19)24(29)33-25)9-12-20(14)32-22(27)16-5-3-15(4-6-16)21(26)30-2/h3-13H,1-2H3. The molecule has 0 N–H and O–H groups in total. The molecule has 0 aromatic heterocycles. The van der Waals surface area contributed by atoms with Gasteiger partial charge in [-0.05, 0) is 79.2 Å². The van der Waals surface area contributed by atoms with Crippen LogP contribution < -0.4 is 9.47 Å². The fourth-order valence-corrected chi connectivity index (χ4v) is 2.78. The van der Waals surface area contributed by atoms with Gasteiger partial charge in [-0.3, -0.25) is 0 Å². The molecule has 168 valence electrons. The molecule has 0 aliphatic rings. The van der Waals surface area contributed by atoms with Crippen molar-refractivity contribution in [2.75, 3.05) is 7.11 Å². The van der Waals surface area contributed by atoms with Gasteiger partial charge in [0.15, 0.2) is 0 Å². The molecule has 0 heterocycles. The molecule has 8 nitrogen and oxygen atoms in total. The van der Waals surface area contributed by atoms with Crippen LogP contribution in [0.2, 0.25) is 0 Å². The molecule has 0 spiro atoms. The molecule has 0 bridgehead atoms. The number of hydrogen-bond acceptors (Lipinski definition) is 8. The molecular weight excluding hydrogens is 435 g/mol. The van der Waals surface area contributed by atoms with E-state index in [1.807, 2.05) is 0 Å². The van der Waals surface area contributed by atoms with Crippen molar-refractivity contribution in [2.24, 2.45) is 0 Å². The summed E-state index contributed by atoms with van der Waals surface area (Å²) in [4.78, 5) is 50.5. The number of carbonyl (C=O) groups is 4. The molecule has 0 radical (unpaired) electrons. The number of hydrogen-bond donors (Lipinski definition) is 0. The van der Waals surface area contributed by atoms with Crippen LogP contribution in [0.15, 0.2) is 66.7 Å². The highest BCUT2D eigenvalue weighted by molar-refractivity contribution is 5.95. The van der Waals surface area contributed by atoms with E-state index in [1.165, 1.54) is 73.8 Å². The van der Waals surface area contributed by atoms with Crippen molar-refractivity contribution in [1.29, 1.82) is 0 Å². The fourth-order valence-electron chi connectivity index (χ4n) is 2.78. The summed E-state index contributed by atoms with van der Waals surface area (Å²) in [7, 11) is 1.26. The lowest BCUT2D eigenvalue weighted by molar-refractivity contribution is -0.0788. The summed E-state index contributed by atoms with van der Waals surface area (Å²) in [6.45, 7) is 1.65. The molecule has 0 unspecified atom stereocenters. The Balaban J connectivity index is 1.66. The number of methoxy groups -OCH3 is 1. The number of halogens is 1. The van der Waals surface area contributed by atoms with Crippen LogP contribution in [0.4, 0.5) is 4.53 Å². The van der Waals surface area contributed by atoms with Gasteiger partial charge in [-0.15, -0.1) is 0 Å². The maximum Gasteiger partial charge on any atom is 0.379 e. The normalized spacial score (nSPS) is 10.2. The maximum absolute atomic E-state index is 12.4. The molecule has 3 rings (SSSR count). The lowest BCUT2D eigenvalue weighted by Crippen LogP contribution is -2.12. The summed E-state index contributed by atoms with van der Waals surface area (Å²) in [5, 5.41) is 0. The van der Waals surface area contributed by atoms with Gasteiger partial charge in [0.2, 0.25) is 0 Å². The van der Waals surface area contributed by atoms with E-state index in [0.29, 0.717) is 11.1 Å². The van der Waals surface area contributed by atoms with Gasteiger partial charge in [0, 0.05) is 4.53 Å². The summed E-state index contributed by atoms with van der Waals surface area (Å²) in [5.41, 5.74) is 1.18. The van der Waals surface area contributed by atoms with Crippen LogP contribution in [0, 0.1) is 6.92 Å². The van der Waals surface area contributed by atoms with Crippen LogP contribution >= 0.6 is 0 Å². The minimum absolute atomic E-state index is 0.0424. The summed E-state index contributed by atoms with van der Waals surface area (Å²) in [5.74, 6) is -2.63. The number of benzene rings is 3. The van der Waals surface area contributed by atoms with Gasteiger partial charge in [-0.25, -0.2) is 24.1 Å². The molecule has 3 aromatic carbocycles. The second-order valence-corrected chi connectivity index (χ2v) is 6.72. The average molecular weight is 452 g/mol. The van der Waals surface area contributed by atoms with Crippen molar-refractivity contribution < 1.29 is 42.9 Å². The topological polar surface area (TPSA) is 105 Å². The number of carbonyl (C=O) groups excluding carboxylic acids is 4. The van der Waals surface area contributed by atoms with Gasteiger partial charge in [-0.1, -0.05) is 0 Å². The van der Waals surface area contributed by atoms with Crippen LogP contribution in [-0.4, -0.2) is 31.0 Å². The first-order valence-electron chi connectivity index (χ1n) is 9.48. The van der Waals surface area contributed by atoms with Crippen molar-refractivity contribution in [3.05, 3.63) is 94.5 Å². The van der Waals surface area contributed by atoms with Crippen molar-refractivity contribution in [1.82, 2.24) is 0 Å². The Labute approximate surface area is 187 Å². The quantitative estimate of drug-likeness (QED) is 0.404. The first-order chi connectivity index (χ1) is 15.8. The Morgan fingerprint density at radius 2 is 1.12 bits per heavy atom. The van der Waals surface area contributed by atoms with E-state index in [9.17, 15) is 23.7 Å². The highest BCUT2D eigenvalue weighted by atomic mass is 19.3. The Hall–Kier alpha value is -4.53. The Bertz CT molecular complexity index is 1200. The largest absolute Gasteiger partial charge is 0.465 e. The van der Waals surface area contributed by atoms with Gasteiger partial charge < -0.3 is 14.2 Å². The minimum atomic E-state index is -1.16. The van der Waals surface area contributed by atoms with Crippen LogP contribution in [0.3, 0.4) is 0 Å².